The smallest absolute Gasteiger partial charge is 0.148 e. The number of benzene rings is 2. The highest BCUT2D eigenvalue weighted by atomic mass is 32.1. The van der Waals surface area contributed by atoms with Crippen molar-refractivity contribution in [3.8, 4) is 21.8 Å². The van der Waals surface area contributed by atoms with Gasteiger partial charge in [0.2, 0.25) is 0 Å². The number of nitrogens with one attached hydrogen (secondary N) is 1. The molecule has 2 aromatic carbocycles. The number of H-pyrrole nitrogens is 1. The first kappa shape index (κ1) is 11.4. The Kier molecular flexibility index (Phi) is 2.64. The van der Waals surface area contributed by atoms with Crippen LogP contribution in [0.2, 0.25) is 0 Å². The van der Waals surface area contributed by atoms with Crippen LogP contribution in [0.15, 0.2) is 66.0 Å². The van der Waals surface area contributed by atoms with Gasteiger partial charge in [-0.25, -0.2) is 4.98 Å². The Morgan fingerprint density at radius 3 is 2.55 bits per heavy atom. The highest BCUT2D eigenvalue weighted by molar-refractivity contribution is 7.13. The molecule has 0 bridgehead atoms. The molecule has 0 amide bonds. The first-order chi connectivity index (χ1) is 9.92. The topological polar surface area (TPSA) is 28.7 Å². The summed E-state index contributed by atoms with van der Waals surface area (Å²) in [7, 11) is 0. The maximum Gasteiger partial charge on any atom is 0.148 e. The van der Waals surface area contributed by atoms with Gasteiger partial charge in [-0.05, 0) is 23.1 Å². The predicted molar refractivity (Wildman–Crippen MR) is 84.8 cm³/mol. The molecule has 2 aromatic heterocycles. The second-order valence-corrected chi connectivity index (χ2v) is 5.58. The molecule has 4 rings (SSSR count). The van der Waals surface area contributed by atoms with Crippen LogP contribution in [0.1, 0.15) is 0 Å². The lowest BCUT2D eigenvalue weighted by Crippen LogP contribution is -1.79. The molecule has 0 aliphatic heterocycles. The van der Waals surface area contributed by atoms with Crippen LogP contribution in [0.3, 0.4) is 0 Å². The van der Waals surface area contributed by atoms with Gasteiger partial charge in [0, 0.05) is 5.56 Å². The van der Waals surface area contributed by atoms with Crippen LogP contribution in [-0.4, -0.2) is 9.97 Å². The minimum Gasteiger partial charge on any atom is -0.337 e. The summed E-state index contributed by atoms with van der Waals surface area (Å²) in [4.78, 5) is 9.36. The molecule has 0 saturated carbocycles. The normalized spacial score (nSPS) is 11.0. The predicted octanol–water partition coefficient (Wildman–Crippen LogP) is 4.96. The van der Waals surface area contributed by atoms with Crippen molar-refractivity contribution >= 4 is 22.4 Å². The van der Waals surface area contributed by atoms with E-state index in [-0.39, 0.29) is 0 Å². The molecule has 0 unspecified atom stereocenters. The fourth-order valence-electron chi connectivity index (χ4n) is 2.41. The van der Waals surface area contributed by atoms with Crippen LogP contribution in [0, 0.1) is 0 Å². The van der Waals surface area contributed by atoms with Crippen LogP contribution >= 0.6 is 11.3 Å². The van der Waals surface area contributed by atoms with Crippen molar-refractivity contribution < 1.29 is 0 Å². The number of imidazole rings is 1. The number of thiophene rings is 1. The van der Waals surface area contributed by atoms with Crippen molar-refractivity contribution in [3.63, 3.8) is 0 Å². The third kappa shape index (κ3) is 1.84. The number of aromatic amines is 1. The Bertz CT molecular complexity index is 845. The summed E-state index contributed by atoms with van der Waals surface area (Å²) in [6.07, 6.45) is 0. The number of rotatable bonds is 2. The quantitative estimate of drug-likeness (QED) is 0.551. The third-order valence-corrected chi connectivity index (χ3v) is 4.23. The fraction of sp³-hybridized carbons (Fsp3) is 0. The molecule has 3 heteroatoms. The molecule has 4 aromatic rings. The zero-order chi connectivity index (χ0) is 13.4. The van der Waals surface area contributed by atoms with Crippen molar-refractivity contribution in [2.45, 2.75) is 0 Å². The van der Waals surface area contributed by atoms with Gasteiger partial charge >= 0.3 is 0 Å². The Balaban J connectivity index is 1.95. The Labute approximate surface area is 120 Å². The minimum atomic E-state index is 0.943. The molecule has 0 radical (unpaired) electrons. The van der Waals surface area contributed by atoms with E-state index in [4.69, 9.17) is 4.98 Å². The maximum absolute atomic E-state index is 4.79. The number of hydrogen-bond acceptors (Lipinski definition) is 2. The van der Waals surface area contributed by atoms with E-state index in [0.29, 0.717) is 0 Å². The molecule has 1 N–H and O–H groups in total. The van der Waals surface area contributed by atoms with Gasteiger partial charge in [0.1, 0.15) is 5.82 Å². The number of nitrogens with zero attached hydrogens (tertiary/aromatic N) is 1. The number of fused-ring (bicyclic) bond motifs is 1. The Hall–Kier alpha value is -2.39. The zero-order valence-electron chi connectivity index (χ0n) is 10.7. The monoisotopic (exact) mass is 276 g/mol. The van der Waals surface area contributed by atoms with E-state index in [0.717, 1.165) is 16.9 Å². The third-order valence-electron chi connectivity index (χ3n) is 3.35. The van der Waals surface area contributed by atoms with Crippen molar-refractivity contribution in [2.24, 2.45) is 0 Å². The molecule has 0 aliphatic rings. The molecular weight excluding hydrogens is 264 g/mol. The standard InChI is InChI=1S/C17H12N2S/c1-2-6-12(7-3-1)13-8-4-9-14-16(13)19-17(18-14)15-10-5-11-20-15/h1-11H,(H,18,19). The van der Waals surface area contributed by atoms with E-state index in [1.165, 1.54) is 16.0 Å². The molecule has 20 heavy (non-hydrogen) atoms. The highest BCUT2D eigenvalue weighted by Crippen LogP contribution is 2.30. The highest BCUT2D eigenvalue weighted by Gasteiger charge is 2.10. The lowest BCUT2D eigenvalue weighted by atomic mass is 10.0. The van der Waals surface area contributed by atoms with Gasteiger partial charge in [-0.1, -0.05) is 48.5 Å². The van der Waals surface area contributed by atoms with Crippen molar-refractivity contribution in [3.05, 3.63) is 66.0 Å². The minimum absolute atomic E-state index is 0.943. The first-order valence-electron chi connectivity index (χ1n) is 6.50. The van der Waals surface area contributed by atoms with Gasteiger partial charge in [0.15, 0.2) is 0 Å². The van der Waals surface area contributed by atoms with Crippen LogP contribution < -0.4 is 0 Å². The summed E-state index contributed by atoms with van der Waals surface area (Å²) >= 11 is 1.70. The molecule has 2 heterocycles. The number of para-hydroxylation sites is 1. The van der Waals surface area contributed by atoms with Gasteiger partial charge in [-0.15, -0.1) is 11.3 Å². The van der Waals surface area contributed by atoms with Gasteiger partial charge in [0.25, 0.3) is 0 Å². The van der Waals surface area contributed by atoms with Crippen LogP contribution in [-0.2, 0) is 0 Å². The SMILES string of the molecule is c1ccc(-c2cccc3[nH]c(-c4cccs4)nc23)cc1. The van der Waals surface area contributed by atoms with E-state index in [1.54, 1.807) is 11.3 Å². The lowest BCUT2D eigenvalue weighted by Gasteiger charge is -2.01. The van der Waals surface area contributed by atoms with Crippen LogP contribution in [0.5, 0.6) is 0 Å². The molecule has 96 valence electrons. The van der Waals surface area contributed by atoms with Crippen molar-refractivity contribution in [1.82, 2.24) is 9.97 Å². The summed E-state index contributed by atoms with van der Waals surface area (Å²) in [5.74, 6) is 0.943. The van der Waals surface area contributed by atoms with Gasteiger partial charge in [0.05, 0.1) is 15.9 Å². The second kappa shape index (κ2) is 4.62. The van der Waals surface area contributed by atoms with Gasteiger partial charge < -0.3 is 4.98 Å². The Morgan fingerprint density at radius 2 is 1.75 bits per heavy atom. The molecular formula is C17H12N2S. The summed E-state index contributed by atoms with van der Waals surface area (Å²) in [6, 6.07) is 20.8. The average Bonchev–Trinajstić information content (AvgIpc) is 3.16. The van der Waals surface area contributed by atoms with Crippen LogP contribution in [0.25, 0.3) is 32.9 Å². The van der Waals surface area contributed by atoms with E-state index in [2.05, 4.69) is 58.9 Å². The summed E-state index contributed by atoms with van der Waals surface area (Å²) in [5, 5.41) is 2.07. The van der Waals surface area contributed by atoms with E-state index >= 15 is 0 Å². The average molecular weight is 276 g/mol. The van der Waals surface area contributed by atoms with Crippen molar-refractivity contribution in [1.29, 1.82) is 0 Å². The Morgan fingerprint density at radius 1 is 0.850 bits per heavy atom. The number of hydrogen-bond donors (Lipinski definition) is 1. The lowest BCUT2D eigenvalue weighted by molar-refractivity contribution is 1.36. The molecule has 2 nitrogen and oxygen atoms in total. The molecule has 0 aliphatic carbocycles. The first-order valence-corrected chi connectivity index (χ1v) is 7.38. The van der Waals surface area contributed by atoms with E-state index in [1.807, 2.05) is 12.1 Å². The second-order valence-electron chi connectivity index (χ2n) is 4.63. The van der Waals surface area contributed by atoms with Gasteiger partial charge in [-0.3, -0.25) is 0 Å². The fourth-order valence-corrected chi connectivity index (χ4v) is 3.08. The summed E-state index contributed by atoms with van der Waals surface area (Å²) in [5.41, 5.74) is 4.47. The number of aromatic nitrogens is 2. The molecule has 0 spiro atoms. The van der Waals surface area contributed by atoms with E-state index in [9.17, 15) is 0 Å². The van der Waals surface area contributed by atoms with Gasteiger partial charge in [-0.2, -0.15) is 0 Å². The van der Waals surface area contributed by atoms with Crippen LogP contribution in [0.4, 0.5) is 0 Å². The summed E-state index contributed by atoms with van der Waals surface area (Å²) < 4.78 is 0. The molecule has 0 fully saturated rings. The maximum atomic E-state index is 4.79. The molecule has 0 atom stereocenters. The van der Waals surface area contributed by atoms with Crippen molar-refractivity contribution in [2.75, 3.05) is 0 Å². The molecule has 0 saturated heterocycles. The largest absolute Gasteiger partial charge is 0.337 e. The van der Waals surface area contributed by atoms with E-state index < -0.39 is 0 Å². The summed E-state index contributed by atoms with van der Waals surface area (Å²) in [6.45, 7) is 0. The zero-order valence-corrected chi connectivity index (χ0v) is 11.5.